The molecular weight excluding hydrogens is 442 g/mol. The Balaban J connectivity index is 1.45. The van der Waals surface area contributed by atoms with E-state index < -0.39 is 0 Å². The number of pyridine rings is 1. The number of methoxy groups -OCH3 is 1. The predicted molar refractivity (Wildman–Crippen MR) is 137 cm³/mol. The van der Waals surface area contributed by atoms with Crippen molar-refractivity contribution in [2.45, 2.75) is 13.0 Å². The van der Waals surface area contributed by atoms with Gasteiger partial charge in [0.25, 0.3) is 5.91 Å². The largest absolute Gasteiger partial charge is 0.497 e. The van der Waals surface area contributed by atoms with Gasteiger partial charge in [0.05, 0.1) is 29.6 Å². The summed E-state index contributed by atoms with van der Waals surface area (Å²) >= 11 is 1.48. The highest BCUT2D eigenvalue weighted by Gasteiger charge is 2.22. The minimum absolute atomic E-state index is 0.108. The second-order valence-electron chi connectivity index (χ2n) is 7.90. The van der Waals surface area contributed by atoms with Gasteiger partial charge in [0, 0.05) is 17.8 Å². The molecule has 6 heteroatoms. The Kier molecular flexibility index (Phi) is 6.31. The molecule has 0 saturated carbocycles. The summed E-state index contributed by atoms with van der Waals surface area (Å²) in [5.74, 6) is 0.629. The lowest BCUT2D eigenvalue weighted by molar-refractivity contribution is 0.0985. The molecule has 0 radical (unpaired) electrons. The molecule has 5 nitrogen and oxygen atoms in total. The Labute approximate surface area is 202 Å². The number of aromatic nitrogens is 2. The molecule has 0 spiro atoms. The van der Waals surface area contributed by atoms with Crippen LogP contribution in [0.15, 0.2) is 97.2 Å². The average Bonchev–Trinajstić information content (AvgIpc) is 3.31. The van der Waals surface area contributed by atoms with Crippen LogP contribution in [0.1, 0.15) is 27.2 Å². The molecule has 0 N–H and O–H groups in total. The molecule has 168 valence electrons. The van der Waals surface area contributed by atoms with E-state index in [9.17, 15) is 4.79 Å². The zero-order valence-corrected chi connectivity index (χ0v) is 19.5. The van der Waals surface area contributed by atoms with Crippen molar-refractivity contribution in [3.05, 3.63) is 120 Å². The summed E-state index contributed by atoms with van der Waals surface area (Å²) in [6.45, 7) is 0.336. The van der Waals surface area contributed by atoms with E-state index in [0.29, 0.717) is 17.2 Å². The molecule has 3 aromatic carbocycles. The summed E-state index contributed by atoms with van der Waals surface area (Å²) in [5.41, 5.74) is 4.61. The van der Waals surface area contributed by atoms with E-state index in [1.165, 1.54) is 16.9 Å². The van der Waals surface area contributed by atoms with Gasteiger partial charge in [-0.2, -0.15) is 0 Å². The Morgan fingerprint density at radius 2 is 1.68 bits per heavy atom. The highest BCUT2D eigenvalue weighted by molar-refractivity contribution is 7.22. The fraction of sp³-hybridized carbons (Fsp3) is 0.107. The number of hydrogen-bond acceptors (Lipinski definition) is 5. The molecule has 5 aromatic rings. The van der Waals surface area contributed by atoms with Crippen molar-refractivity contribution >= 4 is 32.6 Å². The van der Waals surface area contributed by atoms with E-state index >= 15 is 0 Å². The highest BCUT2D eigenvalue weighted by Crippen LogP contribution is 2.32. The van der Waals surface area contributed by atoms with E-state index in [2.05, 4.69) is 17.1 Å². The lowest BCUT2D eigenvalue weighted by Gasteiger charge is -2.20. The fourth-order valence-electron chi connectivity index (χ4n) is 3.77. The Morgan fingerprint density at radius 3 is 2.41 bits per heavy atom. The molecule has 0 aliphatic heterocycles. The summed E-state index contributed by atoms with van der Waals surface area (Å²) < 4.78 is 6.33. The van der Waals surface area contributed by atoms with Crippen molar-refractivity contribution in [2.75, 3.05) is 12.0 Å². The second-order valence-corrected chi connectivity index (χ2v) is 8.91. The van der Waals surface area contributed by atoms with Crippen LogP contribution in [-0.2, 0) is 13.0 Å². The molecule has 2 aromatic heterocycles. The molecule has 0 bridgehead atoms. The average molecular weight is 466 g/mol. The third-order valence-corrected chi connectivity index (χ3v) is 6.62. The third kappa shape index (κ3) is 4.82. The van der Waals surface area contributed by atoms with Gasteiger partial charge < -0.3 is 4.74 Å². The predicted octanol–water partition coefficient (Wildman–Crippen LogP) is 6.14. The van der Waals surface area contributed by atoms with Gasteiger partial charge in [-0.15, -0.1) is 0 Å². The quantitative estimate of drug-likeness (QED) is 0.290. The second kappa shape index (κ2) is 9.85. The summed E-state index contributed by atoms with van der Waals surface area (Å²) in [6, 6.07) is 29.6. The summed E-state index contributed by atoms with van der Waals surface area (Å²) in [6.07, 6.45) is 2.56. The first-order valence-electron chi connectivity index (χ1n) is 11.0. The van der Waals surface area contributed by atoms with Crippen molar-refractivity contribution in [3.8, 4) is 5.75 Å². The lowest BCUT2D eigenvalue weighted by atomic mass is 10.0. The summed E-state index contributed by atoms with van der Waals surface area (Å²) in [4.78, 5) is 24.5. The number of carbonyl (C=O) groups is 1. The van der Waals surface area contributed by atoms with Gasteiger partial charge in [0.2, 0.25) is 0 Å². The molecule has 0 aliphatic rings. The van der Waals surface area contributed by atoms with Crippen molar-refractivity contribution in [1.29, 1.82) is 0 Å². The maximum atomic E-state index is 13.7. The van der Waals surface area contributed by atoms with Crippen LogP contribution in [0.25, 0.3) is 10.2 Å². The van der Waals surface area contributed by atoms with Crippen LogP contribution in [-0.4, -0.2) is 23.0 Å². The number of ether oxygens (including phenoxy) is 1. The number of thiazole rings is 1. The van der Waals surface area contributed by atoms with E-state index in [-0.39, 0.29) is 5.91 Å². The number of hydrogen-bond donors (Lipinski definition) is 0. The van der Waals surface area contributed by atoms with Crippen molar-refractivity contribution in [2.24, 2.45) is 0 Å². The monoisotopic (exact) mass is 465 g/mol. The molecule has 0 saturated heterocycles. The van der Waals surface area contributed by atoms with Crippen LogP contribution >= 0.6 is 11.3 Å². The molecule has 2 heterocycles. The normalized spacial score (nSPS) is 10.9. The number of fused-ring (bicyclic) bond motifs is 1. The minimum Gasteiger partial charge on any atom is -0.497 e. The van der Waals surface area contributed by atoms with Crippen LogP contribution in [0.2, 0.25) is 0 Å². The zero-order chi connectivity index (χ0) is 23.3. The van der Waals surface area contributed by atoms with Crippen molar-refractivity contribution < 1.29 is 9.53 Å². The standard InChI is InChI=1S/C28H23N3O2S/c1-33-24-14-15-26-25(18-24)30-28(34-26)31(19-23-9-5-6-16-29-23)27(32)22-12-10-21(11-13-22)17-20-7-3-2-4-8-20/h2-16,18H,17,19H2,1H3. The van der Waals surface area contributed by atoms with Gasteiger partial charge in [0.15, 0.2) is 5.13 Å². The van der Waals surface area contributed by atoms with Crippen molar-refractivity contribution in [1.82, 2.24) is 9.97 Å². The van der Waals surface area contributed by atoms with Crippen LogP contribution < -0.4 is 9.64 Å². The molecule has 0 aliphatic carbocycles. The van der Waals surface area contributed by atoms with Crippen molar-refractivity contribution in [3.63, 3.8) is 0 Å². The summed E-state index contributed by atoms with van der Waals surface area (Å²) in [7, 11) is 1.63. The third-order valence-electron chi connectivity index (χ3n) is 5.56. The number of carbonyl (C=O) groups excluding carboxylic acids is 1. The molecule has 5 rings (SSSR count). The molecule has 34 heavy (non-hydrogen) atoms. The smallest absolute Gasteiger partial charge is 0.260 e. The minimum atomic E-state index is -0.108. The topological polar surface area (TPSA) is 55.3 Å². The van der Waals surface area contributed by atoms with Crippen LogP contribution in [0.3, 0.4) is 0 Å². The molecule has 1 amide bonds. The number of amides is 1. The van der Waals surface area contributed by atoms with Gasteiger partial charge in [-0.3, -0.25) is 14.7 Å². The number of benzene rings is 3. The molecular formula is C28H23N3O2S. The number of rotatable bonds is 7. The van der Waals surface area contributed by atoms with E-state index in [1.807, 2.05) is 78.9 Å². The first-order valence-corrected chi connectivity index (χ1v) is 11.8. The van der Waals surface area contributed by atoms with Gasteiger partial charge in [-0.25, -0.2) is 4.98 Å². The van der Waals surface area contributed by atoms with E-state index in [1.54, 1.807) is 18.2 Å². The zero-order valence-electron chi connectivity index (χ0n) is 18.7. The van der Waals surface area contributed by atoms with Gasteiger partial charge in [-0.05, 0) is 53.9 Å². The molecule has 0 fully saturated rings. The Morgan fingerprint density at radius 1 is 0.912 bits per heavy atom. The number of anilines is 1. The summed E-state index contributed by atoms with van der Waals surface area (Å²) in [5, 5.41) is 0.632. The Bertz CT molecular complexity index is 1400. The fourth-order valence-corrected chi connectivity index (χ4v) is 4.71. The molecule has 0 unspecified atom stereocenters. The van der Waals surface area contributed by atoms with Crippen LogP contribution in [0.4, 0.5) is 5.13 Å². The van der Waals surface area contributed by atoms with Crippen LogP contribution in [0.5, 0.6) is 5.75 Å². The van der Waals surface area contributed by atoms with Crippen LogP contribution in [0, 0.1) is 0 Å². The first-order chi connectivity index (χ1) is 16.7. The van der Waals surface area contributed by atoms with E-state index in [4.69, 9.17) is 9.72 Å². The highest BCUT2D eigenvalue weighted by atomic mass is 32.1. The van der Waals surface area contributed by atoms with Gasteiger partial charge in [-0.1, -0.05) is 59.9 Å². The lowest BCUT2D eigenvalue weighted by Crippen LogP contribution is -2.30. The maximum absolute atomic E-state index is 13.7. The van der Waals surface area contributed by atoms with E-state index in [0.717, 1.165) is 33.6 Å². The van der Waals surface area contributed by atoms with Gasteiger partial charge in [0.1, 0.15) is 5.75 Å². The van der Waals surface area contributed by atoms with Gasteiger partial charge >= 0.3 is 0 Å². The SMILES string of the molecule is COc1ccc2sc(N(Cc3ccccn3)C(=O)c3ccc(Cc4ccccc4)cc3)nc2c1. The number of nitrogens with zero attached hydrogens (tertiary/aromatic N) is 3. The first kappa shape index (κ1) is 21.8. The molecule has 0 atom stereocenters. The Hall–Kier alpha value is -4.03. The maximum Gasteiger partial charge on any atom is 0.260 e.